The first-order chi connectivity index (χ1) is 8.72. The van der Waals surface area contributed by atoms with Crippen LogP contribution in [0.3, 0.4) is 0 Å². The number of nitrogens with one attached hydrogen (secondary N) is 1. The van der Waals surface area contributed by atoms with E-state index < -0.39 is 0 Å². The average molecular weight is 326 g/mol. The molecule has 2 rings (SSSR count). The first-order valence-electron chi connectivity index (χ1n) is 5.86. The van der Waals surface area contributed by atoms with Gasteiger partial charge in [-0.2, -0.15) is 0 Å². The highest BCUT2D eigenvalue weighted by Gasteiger charge is 2.13. The van der Waals surface area contributed by atoms with Gasteiger partial charge in [-0.3, -0.25) is 16.3 Å². The van der Waals surface area contributed by atoms with Crippen molar-refractivity contribution in [1.29, 1.82) is 0 Å². The quantitative estimate of drug-likeness (QED) is 0.655. The van der Waals surface area contributed by atoms with Gasteiger partial charge >= 0.3 is 0 Å². The zero-order valence-electron chi connectivity index (χ0n) is 10.2. The Morgan fingerprint density at radius 2 is 2.33 bits per heavy atom. The summed E-state index contributed by atoms with van der Waals surface area (Å²) in [5.74, 6) is 5.63. The van der Waals surface area contributed by atoms with Crippen molar-refractivity contribution < 1.29 is 0 Å². The van der Waals surface area contributed by atoms with Gasteiger partial charge in [-0.05, 0) is 40.0 Å². The highest BCUT2D eigenvalue weighted by molar-refractivity contribution is 9.10. The fraction of sp³-hybridized carbons (Fsp3) is 0.308. The lowest BCUT2D eigenvalue weighted by atomic mass is 10.1. The smallest absolute Gasteiger partial charge is 0.0608 e. The summed E-state index contributed by atoms with van der Waals surface area (Å²) in [7, 11) is 0. The zero-order valence-corrected chi connectivity index (χ0v) is 12.6. The molecule has 0 aromatic carbocycles. The Morgan fingerprint density at radius 1 is 1.50 bits per heavy atom. The van der Waals surface area contributed by atoms with Crippen molar-refractivity contribution in [2.45, 2.75) is 25.8 Å². The minimum absolute atomic E-state index is 0.112. The third kappa shape index (κ3) is 3.38. The van der Waals surface area contributed by atoms with Gasteiger partial charge < -0.3 is 0 Å². The van der Waals surface area contributed by atoms with Crippen molar-refractivity contribution in [3.05, 3.63) is 50.4 Å². The van der Waals surface area contributed by atoms with Gasteiger partial charge in [-0.1, -0.05) is 13.0 Å². The second-order valence-corrected chi connectivity index (χ2v) is 5.96. The number of nitrogens with two attached hydrogens (primary N) is 1. The van der Waals surface area contributed by atoms with E-state index in [1.807, 2.05) is 6.20 Å². The maximum Gasteiger partial charge on any atom is 0.0608 e. The lowest BCUT2D eigenvalue weighted by Gasteiger charge is -2.13. The van der Waals surface area contributed by atoms with Gasteiger partial charge in [-0.15, -0.1) is 11.3 Å². The minimum atomic E-state index is 0.112. The fourth-order valence-electron chi connectivity index (χ4n) is 1.75. The zero-order chi connectivity index (χ0) is 13.0. The number of thiophene rings is 1. The molecule has 3 N–H and O–H groups in total. The topological polar surface area (TPSA) is 50.9 Å². The Labute approximate surface area is 120 Å². The predicted molar refractivity (Wildman–Crippen MR) is 79.4 cm³/mol. The van der Waals surface area contributed by atoms with Crippen molar-refractivity contribution in [2.75, 3.05) is 0 Å². The third-order valence-electron chi connectivity index (χ3n) is 2.84. The molecule has 0 aliphatic carbocycles. The van der Waals surface area contributed by atoms with Crippen LogP contribution in [0.2, 0.25) is 0 Å². The van der Waals surface area contributed by atoms with E-state index in [9.17, 15) is 0 Å². The van der Waals surface area contributed by atoms with E-state index >= 15 is 0 Å². The number of aryl methyl sites for hydroxylation is 1. The van der Waals surface area contributed by atoms with Crippen LogP contribution in [-0.4, -0.2) is 4.98 Å². The van der Waals surface area contributed by atoms with Crippen LogP contribution in [0.1, 0.15) is 29.1 Å². The van der Waals surface area contributed by atoms with Crippen LogP contribution in [0, 0.1) is 0 Å². The molecule has 2 aromatic rings. The van der Waals surface area contributed by atoms with Crippen LogP contribution in [-0.2, 0) is 12.8 Å². The summed E-state index contributed by atoms with van der Waals surface area (Å²) < 4.78 is 1.09. The lowest BCUT2D eigenvalue weighted by molar-refractivity contribution is 0.554. The van der Waals surface area contributed by atoms with Crippen LogP contribution >= 0.6 is 27.3 Å². The normalized spacial score (nSPS) is 12.6. The maximum absolute atomic E-state index is 5.63. The maximum atomic E-state index is 5.63. The van der Waals surface area contributed by atoms with Gasteiger partial charge in [0.1, 0.15) is 0 Å². The third-order valence-corrected chi connectivity index (χ3v) is 4.65. The molecular weight excluding hydrogens is 310 g/mol. The van der Waals surface area contributed by atoms with Crippen molar-refractivity contribution in [1.82, 2.24) is 10.4 Å². The van der Waals surface area contributed by atoms with Gasteiger partial charge in [0.2, 0.25) is 0 Å². The minimum Gasteiger partial charge on any atom is -0.271 e. The standard InChI is InChI=1S/C13H16BrN3S/c1-2-9-3-4-11(16-7-9)6-12(17-15)13-5-10(14)8-18-13/h3-5,7-8,12,17H,2,6,15H2,1H3. The molecule has 0 amide bonds. The molecule has 0 aliphatic rings. The van der Waals surface area contributed by atoms with Crippen LogP contribution < -0.4 is 11.3 Å². The highest BCUT2D eigenvalue weighted by atomic mass is 79.9. The number of hydrogen-bond donors (Lipinski definition) is 2. The van der Waals surface area contributed by atoms with Crippen molar-refractivity contribution >= 4 is 27.3 Å². The van der Waals surface area contributed by atoms with Crippen LogP contribution in [0.4, 0.5) is 0 Å². The second kappa shape index (κ2) is 6.43. The summed E-state index contributed by atoms with van der Waals surface area (Å²) in [5.41, 5.74) is 5.17. The molecule has 2 heterocycles. The molecule has 0 radical (unpaired) electrons. The summed E-state index contributed by atoms with van der Waals surface area (Å²) in [6.45, 7) is 2.13. The van der Waals surface area contributed by atoms with Gasteiger partial charge in [0.05, 0.1) is 6.04 Å². The van der Waals surface area contributed by atoms with E-state index in [-0.39, 0.29) is 6.04 Å². The van der Waals surface area contributed by atoms with Crippen molar-refractivity contribution in [2.24, 2.45) is 5.84 Å². The van der Waals surface area contributed by atoms with E-state index in [2.05, 4.69) is 56.8 Å². The van der Waals surface area contributed by atoms with Crippen molar-refractivity contribution in [3.63, 3.8) is 0 Å². The molecule has 0 saturated carbocycles. The Morgan fingerprint density at radius 3 is 2.83 bits per heavy atom. The Balaban J connectivity index is 2.10. The molecule has 0 spiro atoms. The van der Waals surface area contributed by atoms with Crippen LogP contribution in [0.15, 0.2) is 34.2 Å². The first kappa shape index (κ1) is 13.7. The Bertz CT molecular complexity index is 495. The number of hydrogen-bond acceptors (Lipinski definition) is 4. The predicted octanol–water partition coefficient (Wildman–Crippen LogP) is 3.22. The lowest BCUT2D eigenvalue weighted by Crippen LogP contribution is -2.29. The van der Waals surface area contributed by atoms with E-state index in [0.29, 0.717) is 0 Å². The monoisotopic (exact) mass is 325 g/mol. The molecule has 1 atom stereocenters. The molecule has 5 heteroatoms. The SMILES string of the molecule is CCc1ccc(CC(NN)c2cc(Br)cs2)nc1. The number of pyridine rings is 1. The highest BCUT2D eigenvalue weighted by Crippen LogP contribution is 2.27. The van der Waals surface area contributed by atoms with Gasteiger partial charge in [0, 0.05) is 33.0 Å². The number of nitrogens with zero attached hydrogens (tertiary/aromatic N) is 1. The van der Waals surface area contributed by atoms with Crippen LogP contribution in [0.25, 0.3) is 0 Å². The molecule has 96 valence electrons. The van der Waals surface area contributed by atoms with Crippen molar-refractivity contribution in [3.8, 4) is 0 Å². The van der Waals surface area contributed by atoms with E-state index in [1.165, 1.54) is 10.4 Å². The first-order valence-corrected chi connectivity index (χ1v) is 7.54. The summed E-state index contributed by atoms with van der Waals surface area (Å²) in [6, 6.07) is 6.41. The Hall–Kier alpha value is -0.750. The van der Waals surface area contributed by atoms with Gasteiger partial charge in [-0.25, -0.2) is 0 Å². The summed E-state index contributed by atoms with van der Waals surface area (Å²) in [4.78, 5) is 5.68. The number of aromatic nitrogens is 1. The Kier molecular flexibility index (Phi) is 4.88. The summed E-state index contributed by atoms with van der Waals surface area (Å²) in [5, 5.41) is 2.06. The summed E-state index contributed by atoms with van der Waals surface area (Å²) >= 11 is 5.15. The molecule has 3 nitrogen and oxygen atoms in total. The molecule has 0 aliphatic heterocycles. The second-order valence-electron chi connectivity index (χ2n) is 4.10. The molecule has 2 aromatic heterocycles. The van der Waals surface area contributed by atoms with Gasteiger partial charge in [0.25, 0.3) is 0 Å². The van der Waals surface area contributed by atoms with E-state index in [1.54, 1.807) is 11.3 Å². The molecular formula is C13H16BrN3S. The molecule has 0 fully saturated rings. The van der Waals surface area contributed by atoms with E-state index in [4.69, 9.17) is 5.84 Å². The number of halogens is 1. The molecule has 0 bridgehead atoms. The number of rotatable bonds is 5. The van der Waals surface area contributed by atoms with Crippen LogP contribution in [0.5, 0.6) is 0 Å². The fourth-order valence-corrected chi connectivity index (χ4v) is 3.25. The summed E-state index contributed by atoms with van der Waals surface area (Å²) in [6.07, 6.45) is 3.75. The number of hydrazine groups is 1. The molecule has 18 heavy (non-hydrogen) atoms. The van der Waals surface area contributed by atoms with Gasteiger partial charge in [0.15, 0.2) is 0 Å². The average Bonchev–Trinajstić information content (AvgIpc) is 2.83. The van der Waals surface area contributed by atoms with E-state index in [0.717, 1.165) is 23.0 Å². The molecule has 0 saturated heterocycles. The molecule has 1 unspecified atom stereocenters. The largest absolute Gasteiger partial charge is 0.271 e.